The van der Waals surface area contributed by atoms with Gasteiger partial charge < -0.3 is 19.9 Å². The van der Waals surface area contributed by atoms with E-state index in [1.165, 1.54) is 24.1 Å². The molecule has 3 aromatic rings. The Bertz CT molecular complexity index is 1380. The van der Waals surface area contributed by atoms with Crippen molar-refractivity contribution in [3.8, 4) is 0 Å². The third-order valence-electron chi connectivity index (χ3n) is 7.53. The van der Waals surface area contributed by atoms with Gasteiger partial charge in [-0.05, 0) is 49.4 Å². The molecule has 202 valence electrons. The third kappa shape index (κ3) is 5.07. The van der Waals surface area contributed by atoms with Crippen molar-refractivity contribution >= 4 is 23.3 Å². The number of hydrogen-bond acceptors (Lipinski definition) is 5. The van der Waals surface area contributed by atoms with Gasteiger partial charge in [0.1, 0.15) is 0 Å². The lowest BCUT2D eigenvalue weighted by Crippen LogP contribution is -2.51. The Labute approximate surface area is 217 Å². The summed E-state index contributed by atoms with van der Waals surface area (Å²) in [4.78, 5) is 48.2. The molecule has 0 unspecified atom stereocenters. The van der Waals surface area contributed by atoms with E-state index in [9.17, 15) is 23.2 Å². The number of ether oxygens (including phenoxy) is 1. The first-order chi connectivity index (χ1) is 18.4. The number of piperidine rings is 1. The number of carbonyl (C=O) groups excluding carboxylic acids is 2. The molecule has 2 atom stereocenters. The number of urea groups is 1. The normalized spacial score (nSPS) is 20.8. The number of benzene rings is 1. The highest BCUT2D eigenvalue weighted by molar-refractivity contribution is 5.75. The Morgan fingerprint density at radius 2 is 1.84 bits per heavy atom. The van der Waals surface area contributed by atoms with Gasteiger partial charge in [0, 0.05) is 50.4 Å². The van der Waals surface area contributed by atoms with Crippen LogP contribution in [0, 0.1) is 11.6 Å². The first kappa shape index (κ1) is 25.7. The van der Waals surface area contributed by atoms with Gasteiger partial charge in [0.15, 0.2) is 17.3 Å². The van der Waals surface area contributed by atoms with E-state index in [2.05, 4.69) is 15.3 Å². The molecule has 0 saturated carbocycles. The summed E-state index contributed by atoms with van der Waals surface area (Å²) in [5.41, 5.74) is 1.27. The van der Waals surface area contributed by atoms with E-state index in [1.807, 2.05) is 6.07 Å². The van der Waals surface area contributed by atoms with Crippen molar-refractivity contribution in [2.45, 2.75) is 43.7 Å². The number of H-pyrrole nitrogens is 1. The van der Waals surface area contributed by atoms with Gasteiger partial charge in [0.25, 0.3) is 0 Å². The summed E-state index contributed by atoms with van der Waals surface area (Å²) in [6.07, 6.45) is 3.19. The Morgan fingerprint density at radius 3 is 2.61 bits per heavy atom. The van der Waals surface area contributed by atoms with Crippen molar-refractivity contribution in [3.63, 3.8) is 0 Å². The standard InChI is InChI=1S/C26H30F2N6O4/c1-38-26(37)33-14-16(19-4-2-5-20(27)22(19)28)7-8-17(15-33)30-24(35)32-12-9-18(10-13-32)34-21-6-3-11-29-23(21)31-25(34)36/h2-6,11,16-18H,7-10,12-15H2,1H3,(H,30,35)(H,29,31,36)/t16-,17-/m1/s1. The van der Waals surface area contributed by atoms with Crippen molar-refractivity contribution < 1.29 is 23.1 Å². The highest BCUT2D eigenvalue weighted by Crippen LogP contribution is 2.30. The van der Waals surface area contributed by atoms with Crippen molar-refractivity contribution in [3.05, 3.63) is 64.2 Å². The fourth-order valence-electron chi connectivity index (χ4n) is 5.59. The number of nitrogens with zero attached hydrogens (tertiary/aromatic N) is 4. The molecule has 2 N–H and O–H groups in total. The van der Waals surface area contributed by atoms with Crippen molar-refractivity contribution in [1.82, 2.24) is 29.7 Å². The van der Waals surface area contributed by atoms with Crippen LogP contribution in [-0.2, 0) is 4.74 Å². The van der Waals surface area contributed by atoms with Crippen LogP contribution < -0.4 is 11.0 Å². The number of aromatic amines is 1. The van der Waals surface area contributed by atoms with Crippen LogP contribution >= 0.6 is 0 Å². The maximum Gasteiger partial charge on any atom is 0.409 e. The minimum atomic E-state index is -0.934. The number of hydrogen-bond donors (Lipinski definition) is 2. The molecule has 2 fully saturated rings. The summed E-state index contributed by atoms with van der Waals surface area (Å²) in [5.74, 6) is -2.29. The largest absolute Gasteiger partial charge is 0.453 e. The number of pyridine rings is 1. The zero-order valence-corrected chi connectivity index (χ0v) is 21.0. The number of amides is 3. The first-order valence-corrected chi connectivity index (χ1v) is 12.7. The lowest BCUT2D eigenvalue weighted by atomic mass is 9.93. The van der Waals surface area contributed by atoms with Crippen LogP contribution in [0.5, 0.6) is 0 Å². The van der Waals surface area contributed by atoms with Crippen molar-refractivity contribution in [2.24, 2.45) is 0 Å². The lowest BCUT2D eigenvalue weighted by Gasteiger charge is -2.34. The number of aromatic nitrogens is 3. The number of methoxy groups -OCH3 is 1. The number of carbonyl (C=O) groups is 2. The summed E-state index contributed by atoms with van der Waals surface area (Å²) in [6.45, 7) is 1.26. The topological polar surface area (TPSA) is 113 Å². The van der Waals surface area contributed by atoms with Gasteiger partial charge in [-0.25, -0.2) is 28.1 Å². The number of rotatable bonds is 3. The number of likely N-dealkylation sites (tertiary alicyclic amines) is 2. The molecule has 1 aromatic carbocycles. The van der Waals surface area contributed by atoms with Gasteiger partial charge in [-0.15, -0.1) is 0 Å². The third-order valence-corrected chi connectivity index (χ3v) is 7.53. The van der Waals surface area contributed by atoms with Crippen LogP contribution in [0.4, 0.5) is 18.4 Å². The highest BCUT2D eigenvalue weighted by Gasteiger charge is 2.33. The van der Waals surface area contributed by atoms with Gasteiger partial charge in [0.2, 0.25) is 0 Å². The Kier molecular flexibility index (Phi) is 7.30. The average molecular weight is 529 g/mol. The summed E-state index contributed by atoms with van der Waals surface area (Å²) in [6, 6.07) is 6.96. The van der Waals surface area contributed by atoms with Gasteiger partial charge in [0.05, 0.1) is 12.6 Å². The van der Waals surface area contributed by atoms with Crippen LogP contribution in [0.2, 0.25) is 0 Å². The number of fused-ring (bicyclic) bond motifs is 1. The van der Waals surface area contributed by atoms with Gasteiger partial charge >= 0.3 is 17.8 Å². The molecule has 5 rings (SSSR count). The molecule has 0 bridgehead atoms. The molecule has 0 spiro atoms. The molecule has 3 amide bonds. The summed E-state index contributed by atoms with van der Waals surface area (Å²) >= 11 is 0. The molecule has 2 aliphatic heterocycles. The minimum Gasteiger partial charge on any atom is -0.453 e. The van der Waals surface area contributed by atoms with E-state index in [1.54, 1.807) is 21.7 Å². The fourth-order valence-corrected chi connectivity index (χ4v) is 5.59. The maximum absolute atomic E-state index is 14.5. The van der Waals surface area contributed by atoms with E-state index in [0.29, 0.717) is 44.4 Å². The molecule has 0 radical (unpaired) electrons. The molecule has 2 saturated heterocycles. The fraction of sp³-hybridized carbons (Fsp3) is 0.462. The smallest absolute Gasteiger partial charge is 0.409 e. The second-order valence-corrected chi connectivity index (χ2v) is 9.83. The quantitative estimate of drug-likeness (QED) is 0.542. The Balaban J connectivity index is 1.24. The lowest BCUT2D eigenvalue weighted by molar-refractivity contribution is 0.118. The maximum atomic E-state index is 14.5. The first-order valence-electron chi connectivity index (χ1n) is 12.7. The summed E-state index contributed by atoms with van der Waals surface area (Å²) in [5, 5.41) is 3.01. The molecule has 10 nitrogen and oxygen atoms in total. The predicted octanol–water partition coefficient (Wildman–Crippen LogP) is 3.36. The zero-order chi connectivity index (χ0) is 26.8. The molecule has 2 aromatic heterocycles. The second kappa shape index (κ2) is 10.8. The average Bonchev–Trinajstić information content (AvgIpc) is 3.12. The van der Waals surface area contributed by atoms with Gasteiger partial charge in [-0.3, -0.25) is 9.55 Å². The van der Waals surface area contributed by atoms with Gasteiger partial charge in [-0.1, -0.05) is 12.1 Å². The summed E-state index contributed by atoms with van der Waals surface area (Å²) < 4.78 is 35.0. The van der Waals surface area contributed by atoms with Crippen LogP contribution in [0.25, 0.3) is 11.2 Å². The predicted molar refractivity (Wildman–Crippen MR) is 135 cm³/mol. The van der Waals surface area contributed by atoms with E-state index in [-0.39, 0.29) is 42.5 Å². The molecule has 38 heavy (non-hydrogen) atoms. The zero-order valence-electron chi connectivity index (χ0n) is 21.0. The minimum absolute atomic E-state index is 0.0564. The highest BCUT2D eigenvalue weighted by atomic mass is 19.2. The number of imidazole rings is 1. The van der Waals surface area contributed by atoms with Crippen LogP contribution in [0.15, 0.2) is 41.3 Å². The Morgan fingerprint density at radius 1 is 1.05 bits per heavy atom. The monoisotopic (exact) mass is 528 g/mol. The van der Waals surface area contributed by atoms with E-state index in [0.717, 1.165) is 11.6 Å². The van der Waals surface area contributed by atoms with E-state index >= 15 is 0 Å². The van der Waals surface area contributed by atoms with E-state index < -0.39 is 23.6 Å². The van der Waals surface area contributed by atoms with Crippen LogP contribution in [0.3, 0.4) is 0 Å². The molecule has 4 heterocycles. The molecular formula is C26H30F2N6O4. The second-order valence-electron chi connectivity index (χ2n) is 9.83. The summed E-state index contributed by atoms with van der Waals surface area (Å²) in [7, 11) is 1.26. The molecule has 2 aliphatic rings. The van der Waals surface area contributed by atoms with Crippen molar-refractivity contribution in [1.29, 1.82) is 0 Å². The Hall–Kier alpha value is -3.96. The SMILES string of the molecule is COC(=O)N1C[C@H](NC(=O)N2CCC(n3c(=O)[nH]c4ncccc43)CC2)CC[C@@H](c2cccc(F)c2F)C1. The molecular weight excluding hydrogens is 498 g/mol. The molecule has 12 heteroatoms. The van der Waals surface area contributed by atoms with E-state index in [4.69, 9.17) is 4.74 Å². The van der Waals surface area contributed by atoms with Crippen molar-refractivity contribution in [2.75, 3.05) is 33.3 Å². The van der Waals surface area contributed by atoms with Crippen LogP contribution in [-0.4, -0.2) is 75.8 Å². The molecule has 0 aliphatic carbocycles. The number of halogens is 2. The van der Waals surface area contributed by atoms with Gasteiger partial charge in [-0.2, -0.15) is 0 Å². The number of nitrogens with one attached hydrogen (secondary N) is 2. The van der Waals surface area contributed by atoms with Crippen LogP contribution in [0.1, 0.15) is 43.2 Å².